The summed E-state index contributed by atoms with van der Waals surface area (Å²) in [4.78, 5) is 4.33. The lowest BCUT2D eigenvalue weighted by molar-refractivity contribution is -0.190. The van der Waals surface area contributed by atoms with E-state index in [0.717, 1.165) is 0 Å². The molecule has 114 valence electrons. The fourth-order valence-electron chi connectivity index (χ4n) is 1.56. The predicted molar refractivity (Wildman–Crippen MR) is 64.9 cm³/mol. The minimum atomic E-state index is -4.38. The molecule has 0 spiro atoms. The van der Waals surface area contributed by atoms with Crippen molar-refractivity contribution in [2.24, 2.45) is 0 Å². The summed E-state index contributed by atoms with van der Waals surface area (Å²) >= 11 is 0. The van der Waals surface area contributed by atoms with Crippen molar-refractivity contribution in [3.63, 3.8) is 0 Å². The second kappa shape index (κ2) is 7.20. The average Bonchev–Trinajstić information content (AvgIpc) is 2.41. The molecule has 0 atom stereocenters. The molecule has 0 saturated carbocycles. The van der Waals surface area contributed by atoms with E-state index in [9.17, 15) is 13.2 Å². The van der Waals surface area contributed by atoms with Crippen LogP contribution < -0.4 is 19.7 Å². The minimum Gasteiger partial charge on any atom is -0.493 e. The van der Waals surface area contributed by atoms with Crippen LogP contribution in [0.15, 0.2) is 12.1 Å². The molecule has 20 heavy (non-hydrogen) atoms. The summed E-state index contributed by atoms with van der Waals surface area (Å²) in [6.07, 6.45) is -4.38. The summed E-state index contributed by atoms with van der Waals surface area (Å²) in [7, 11) is 4.34. The number of methoxy groups -OCH3 is 3. The van der Waals surface area contributed by atoms with Gasteiger partial charge in [0.2, 0.25) is 5.75 Å². The smallest absolute Gasteiger partial charge is 0.413 e. The van der Waals surface area contributed by atoms with Gasteiger partial charge in [0, 0.05) is 12.1 Å². The van der Waals surface area contributed by atoms with Crippen LogP contribution in [0.4, 0.5) is 13.2 Å². The third-order valence-electron chi connectivity index (χ3n) is 2.39. The number of nitrogens with one attached hydrogen (secondary N) is 1. The zero-order valence-electron chi connectivity index (χ0n) is 11.3. The Hall–Kier alpha value is -1.67. The highest BCUT2D eigenvalue weighted by Crippen LogP contribution is 2.39. The monoisotopic (exact) mass is 295 g/mol. The molecule has 0 amide bonds. The molecular formula is C12H16F3NO4. The third kappa shape index (κ3) is 4.46. The maximum Gasteiger partial charge on any atom is 0.413 e. The molecule has 0 unspecified atom stereocenters. The van der Waals surface area contributed by atoms with Crippen molar-refractivity contribution >= 4 is 0 Å². The SMILES string of the molecule is COc1ccc(CNOCC(F)(F)F)c(OC)c1OC. The lowest BCUT2D eigenvalue weighted by Crippen LogP contribution is -2.24. The Morgan fingerprint density at radius 3 is 2.15 bits per heavy atom. The van der Waals surface area contributed by atoms with Crippen molar-refractivity contribution in [3.8, 4) is 17.2 Å². The van der Waals surface area contributed by atoms with Crippen molar-refractivity contribution in [2.45, 2.75) is 12.7 Å². The number of hydrogen-bond acceptors (Lipinski definition) is 5. The Morgan fingerprint density at radius 1 is 1.00 bits per heavy atom. The quantitative estimate of drug-likeness (QED) is 0.618. The lowest BCUT2D eigenvalue weighted by Gasteiger charge is -2.16. The standard InChI is InChI=1S/C12H16F3NO4/c1-17-9-5-4-8(10(18-2)11(9)19-3)6-16-20-7-12(13,14)15/h4-5,16H,6-7H2,1-3H3. The van der Waals surface area contributed by atoms with Gasteiger partial charge in [-0.25, -0.2) is 0 Å². The highest BCUT2D eigenvalue weighted by atomic mass is 19.4. The molecule has 1 aromatic carbocycles. The predicted octanol–water partition coefficient (Wildman–Crippen LogP) is 2.30. The first kappa shape index (κ1) is 16.4. The summed E-state index contributed by atoms with van der Waals surface area (Å²) in [5.41, 5.74) is 2.80. The molecule has 0 aliphatic carbocycles. The van der Waals surface area contributed by atoms with Crippen molar-refractivity contribution < 1.29 is 32.2 Å². The Balaban J connectivity index is 2.75. The van der Waals surface area contributed by atoms with Gasteiger partial charge in [-0.2, -0.15) is 18.7 Å². The summed E-state index contributed by atoms with van der Waals surface area (Å²) < 4.78 is 51.2. The number of halogens is 3. The number of hydrogen-bond donors (Lipinski definition) is 1. The fraction of sp³-hybridized carbons (Fsp3) is 0.500. The number of rotatable bonds is 7. The molecule has 5 nitrogen and oxygen atoms in total. The van der Waals surface area contributed by atoms with Crippen LogP contribution in [-0.2, 0) is 11.4 Å². The molecule has 0 saturated heterocycles. The second-order valence-corrected chi connectivity index (χ2v) is 3.72. The van der Waals surface area contributed by atoms with Gasteiger partial charge in [0.15, 0.2) is 18.1 Å². The number of alkyl halides is 3. The van der Waals surface area contributed by atoms with Crippen molar-refractivity contribution in [3.05, 3.63) is 17.7 Å². The van der Waals surface area contributed by atoms with E-state index in [1.165, 1.54) is 21.3 Å². The number of hydroxylamine groups is 1. The highest BCUT2D eigenvalue weighted by Gasteiger charge is 2.27. The first-order valence-corrected chi connectivity index (χ1v) is 5.62. The van der Waals surface area contributed by atoms with Crippen LogP contribution >= 0.6 is 0 Å². The van der Waals surface area contributed by atoms with Gasteiger partial charge in [-0.3, -0.25) is 4.84 Å². The molecule has 0 aliphatic heterocycles. The van der Waals surface area contributed by atoms with E-state index in [1.807, 2.05) is 0 Å². The first-order chi connectivity index (χ1) is 9.42. The molecule has 8 heteroatoms. The molecule has 0 heterocycles. The Morgan fingerprint density at radius 2 is 1.65 bits per heavy atom. The lowest BCUT2D eigenvalue weighted by atomic mass is 10.1. The minimum absolute atomic E-state index is 0.0274. The average molecular weight is 295 g/mol. The van der Waals surface area contributed by atoms with Crippen LogP contribution in [0.3, 0.4) is 0 Å². The molecule has 1 N–H and O–H groups in total. The van der Waals surface area contributed by atoms with Gasteiger partial charge >= 0.3 is 6.18 Å². The van der Waals surface area contributed by atoms with Crippen molar-refractivity contribution in [2.75, 3.05) is 27.9 Å². The Kier molecular flexibility index (Phi) is 5.90. The maximum absolute atomic E-state index is 11.9. The van der Waals surface area contributed by atoms with E-state index in [0.29, 0.717) is 22.8 Å². The fourth-order valence-corrected chi connectivity index (χ4v) is 1.56. The molecule has 0 radical (unpaired) electrons. The largest absolute Gasteiger partial charge is 0.493 e. The van der Waals surface area contributed by atoms with Gasteiger partial charge < -0.3 is 14.2 Å². The van der Waals surface area contributed by atoms with Crippen LogP contribution in [0.1, 0.15) is 5.56 Å². The first-order valence-electron chi connectivity index (χ1n) is 5.62. The van der Waals surface area contributed by atoms with Gasteiger partial charge in [-0.05, 0) is 12.1 Å². The summed E-state index contributed by atoms with van der Waals surface area (Å²) in [5, 5.41) is 0. The molecule has 0 aromatic heterocycles. The van der Waals surface area contributed by atoms with Gasteiger partial charge in [0.05, 0.1) is 21.3 Å². The van der Waals surface area contributed by atoms with Gasteiger partial charge in [0.1, 0.15) is 0 Å². The van der Waals surface area contributed by atoms with Gasteiger partial charge in [-0.15, -0.1) is 0 Å². The van der Waals surface area contributed by atoms with Crippen LogP contribution in [0.2, 0.25) is 0 Å². The molecule has 0 fully saturated rings. The normalized spacial score (nSPS) is 11.3. The summed E-state index contributed by atoms with van der Waals surface area (Å²) in [5.74, 6) is 1.20. The topological polar surface area (TPSA) is 49.0 Å². The van der Waals surface area contributed by atoms with E-state index >= 15 is 0 Å². The summed E-state index contributed by atoms with van der Waals surface area (Å²) in [6, 6.07) is 3.27. The van der Waals surface area contributed by atoms with E-state index < -0.39 is 12.8 Å². The van der Waals surface area contributed by atoms with E-state index in [-0.39, 0.29) is 6.54 Å². The van der Waals surface area contributed by atoms with Crippen LogP contribution in [0.25, 0.3) is 0 Å². The van der Waals surface area contributed by atoms with Gasteiger partial charge in [-0.1, -0.05) is 0 Å². The van der Waals surface area contributed by atoms with Crippen molar-refractivity contribution in [1.29, 1.82) is 0 Å². The Bertz CT molecular complexity index is 437. The van der Waals surface area contributed by atoms with Gasteiger partial charge in [0.25, 0.3) is 0 Å². The molecule has 0 bridgehead atoms. The molecule has 1 rings (SSSR count). The maximum atomic E-state index is 11.9. The third-order valence-corrected chi connectivity index (χ3v) is 2.39. The molecular weight excluding hydrogens is 279 g/mol. The van der Waals surface area contributed by atoms with E-state index in [4.69, 9.17) is 14.2 Å². The van der Waals surface area contributed by atoms with Crippen molar-refractivity contribution in [1.82, 2.24) is 5.48 Å². The highest BCUT2D eigenvalue weighted by molar-refractivity contribution is 5.55. The number of ether oxygens (including phenoxy) is 3. The van der Waals surface area contributed by atoms with E-state index in [2.05, 4.69) is 10.3 Å². The zero-order chi connectivity index (χ0) is 15.2. The number of benzene rings is 1. The van der Waals surface area contributed by atoms with Crippen LogP contribution in [-0.4, -0.2) is 34.1 Å². The second-order valence-electron chi connectivity index (χ2n) is 3.72. The zero-order valence-corrected chi connectivity index (χ0v) is 11.3. The van der Waals surface area contributed by atoms with Crippen LogP contribution in [0, 0.1) is 0 Å². The summed E-state index contributed by atoms with van der Waals surface area (Å²) in [6.45, 7) is -1.35. The molecule has 1 aromatic rings. The van der Waals surface area contributed by atoms with E-state index in [1.54, 1.807) is 12.1 Å². The molecule has 0 aliphatic rings. The van der Waals surface area contributed by atoms with Crippen LogP contribution in [0.5, 0.6) is 17.2 Å². The Labute approximate surface area is 114 Å².